The molecule has 0 spiro atoms. The molecule has 1 aromatic heterocycles. The number of hydrogen-bond donors (Lipinski definition) is 1. The first-order chi connectivity index (χ1) is 13.0. The minimum absolute atomic E-state index is 0.0278. The molecule has 8 heteroatoms. The second kappa shape index (κ2) is 8.60. The van der Waals surface area contributed by atoms with Crippen LogP contribution >= 0.6 is 23.1 Å². The molecule has 0 unspecified atom stereocenters. The molecule has 0 amide bonds. The van der Waals surface area contributed by atoms with E-state index in [2.05, 4.69) is 4.72 Å². The molecule has 0 aliphatic heterocycles. The predicted molar refractivity (Wildman–Crippen MR) is 110 cm³/mol. The highest BCUT2D eigenvalue weighted by molar-refractivity contribution is 8.00. The van der Waals surface area contributed by atoms with Crippen molar-refractivity contribution in [3.63, 3.8) is 0 Å². The van der Waals surface area contributed by atoms with Crippen molar-refractivity contribution in [3.8, 4) is 5.75 Å². The van der Waals surface area contributed by atoms with Crippen molar-refractivity contribution >= 4 is 44.6 Å². The van der Waals surface area contributed by atoms with Crippen molar-refractivity contribution in [3.05, 3.63) is 71.6 Å². The minimum atomic E-state index is -3.56. The van der Waals surface area contributed by atoms with Crippen LogP contribution in [-0.4, -0.2) is 27.1 Å². The van der Waals surface area contributed by atoms with E-state index in [-0.39, 0.29) is 15.7 Å². The van der Waals surface area contributed by atoms with Crippen molar-refractivity contribution in [1.29, 1.82) is 0 Å². The number of carbonyl (C=O) groups excluding carboxylic acids is 1. The number of Topliss-reactive ketones (excluding diaryl/α,β-unsaturated/α-hetero) is 1. The van der Waals surface area contributed by atoms with Gasteiger partial charge in [0.05, 0.1) is 18.4 Å². The number of ketones is 1. The van der Waals surface area contributed by atoms with Gasteiger partial charge < -0.3 is 4.74 Å². The van der Waals surface area contributed by atoms with Gasteiger partial charge in [-0.3, -0.25) is 9.52 Å². The van der Waals surface area contributed by atoms with Crippen molar-refractivity contribution < 1.29 is 17.9 Å². The summed E-state index contributed by atoms with van der Waals surface area (Å²) in [4.78, 5) is 13.3. The first kappa shape index (κ1) is 19.5. The smallest absolute Gasteiger partial charge is 0.271 e. The number of anilines is 1. The summed E-state index contributed by atoms with van der Waals surface area (Å²) in [6.45, 7) is 0. The van der Waals surface area contributed by atoms with Crippen LogP contribution in [0.3, 0.4) is 0 Å². The van der Waals surface area contributed by atoms with E-state index in [1.165, 1.54) is 18.9 Å². The monoisotopic (exact) mass is 419 g/mol. The zero-order valence-electron chi connectivity index (χ0n) is 14.4. The lowest BCUT2D eigenvalue weighted by Crippen LogP contribution is -2.11. The molecule has 0 bridgehead atoms. The molecule has 0 aliphatic carbocycles. The van der Waals surface area contributed by atoms with Gasteiger partial charge in [-0.1, -0.05) is 18.2 Å². The Morgan fingerprint density at radius 2 is 1.81 bits per heavy atom. The molecule has 3 rings (SSSR count). The average molecular weight is 420 g/mol. The van der Waals surface area contributed by atoms with Crippen LogP contribution in [0, 0.1) is 0 Å². The fraction of sp³-hybridized carbons (Fsp3) is 0.105. The second-order valence-corrected chi connectivity index (χ2v) is 9.38. The molecule has 0 saturated carbocycles. The molecule has 0 radical (unpaired) electrons. The Labute approximate surface area is 166 Å². The van der Waals surface area contributed by atoms with Crippen LogP contribution < -0.4 is 9.46 Å². The summed E-state index contributed by atoms with van der Waals surface area (Å²) in [6.07, 6.45) is 0. The molecule has 140 valence electrons. The van der Waals surface area contributed by atoms with E-state index in [1.807, 2.05) is 6.07 Å². The minimum Gasteiger partial charge on any atom is -0.496 e. The molecule has 0 atom stereocenters. The molecule has 1 N–H and O–H groups in total. The van der Waals surface area contributed by atoms with Crippen LogP contribution in [0.15, 0.2) is 75.1 Å². The molecule has 3 aromatic rings. The van der Waals surface area contributed by atoms with Crippen LogP contribution in [-0.2, 0) is 10.0 Å². The Kier molecular flexibility index (Phi) is 6.20. The Balaban J connectivity index is 1.62. The molecule has 27 heavy (non-hydrogen) atoms. The van der Waals surface area contributed by atoms with Gasteiger partial charge in [-0.2, -0.15) is 0 Å². The normalized spacial score (nSPS) is 11.1. The largest absolute Gasteiger partial charge is 0.496 e. The van der Waals surface area contributed by atoms with Crippen LogP contribution in [0.1, 0.15) is 10.4 Å². The Morgan fingerprint density at radius 1 is 1.07 bits per heavy atom. The summed E-state index contributed by atoms with van der Waals surface area (Å²) in [7, 11) is -2.02. The maximum Gasteiger partial charge on any atom is 0.271 e. The maximum absolute atomic E-state index is 12.4. The lowest BCUT2D eigenvalue weighted by molar-refractivity contribution is 0.101. The van der Waals surface area contributed by atoms with Gasteiger partial charge in [-0.05, 0) is 47.8 Å². The molecule has 1 heterocycles. The van der Waals surface area contributed by atoms with Gasteiger partial charge in [0.25, 0.3) is 10.0 Å². The van der Waals surface area contributed by atoms with E-state index in [0.29, 0.717) is 17.0 Å². The highest BCUT2D eigenvalue weighted by Gasteiger charge is 2.15. The Morgan fingerprint density at radius 3 is 2.48 bits per heavy atom. The third-order valence-electron chi connectivity index (χ3n) is 3.64. The number of benzene rings is 2. The zero-order valence-corrected chi connectivity index (χ0v) is 16.9. The van der Waals surface area contributed by atoms with E-state index in [1.54, 1.807) is 60.0 Å². The zero-order chi connectivity index (χ0) is 19.3. The predicted octanol–water partition coefficient (Wildman–Crippen LogP) is 4.53. The van der Waals surface area contributed by atoms with E-state index < -0.39 is 10.0 Å². The first-order valence-electron chi connectivity index (χ1n) is 7.95. The fourth-order valence-corrected chi connectivity index (χ4v) is 5.18. The van der Waals surface area contributed by atoms with Crippen LogP contribution in [0.5, 0.6) is 5.75 Å². The fourth-order valence-electron chi connectivity index (χ4n) is 2.34. The van der Waals surface area contributed by atoms with Gasteiger partial charge in [-0.15, -0.1) is 23.1 Å². The quantitative estimate of drug-likeness (QED) is 0.429. The van der Waals surface area contributed by atoms with Gasteiger partial charge in [0.2, 0.25) is 0 Å². The third-order valence-corrected chi connectivity index (χ3v) is 7.43. The number of rotatable bonds is 8. The maximum atomic E-state index is 12.4. The Bertz CT molecular complexity index is 1010. The van der Waals surface area contributed by atoms with Gasteiger partial charge in [0, 0.05) is 10.6 Å². The number of carbonyl (C=O) groups is 1. The summed E-state index contributed by atoms with van der Waals surface area (Å²) < 4.78 is 32.5. The third kappa shape index (κ3) is 4.91. The molecule has 0 fully saturated rings. The number of para-hydroxylation sites is 1. The number of ether oxygens (including phenoxy) is 1. The molecule has 2 aromatic carbocycles. The lowest BCUT2D eigenvalue weighted by atomic mass is 10.1. The lowest BCUT2D eigenvalue weighted by Gasteiger charge is -2.08. The number of sulfonamides is 1. The number of thioether (sulfide) groups is 1. The molecular formula is C19H17NO4S3. The van der Waals surface area contributed by atoms with Crippen molar-refractivity contribution in [2.45, 2.75) is 9.10 Å². The van der Waals surface area contributed by atoms with Gasteiger partial charge >= 0.3 is 0 Å². The van der Waals surface area contributed by atoms with Crippen molar-refractivity contribution in [2.24, 2.45) is 0 Å². The van der Waals surface area contributed by atoms with E-state index in [4.69, 9.17) is 4.74 Å². The summed E-state index contributed by atoms with van der Waals surface area (Å²) in [5.74, 6) is 0.794. The van der Waals surface area contributed by atoms with E-state index in [9.17, 15) is 13.2 Å². The van der Waals surface area contributed by atoms with Crippen LogP contribution in [0.4, 0.5) is 5.69 Å². The molecular weight excluding hydrogens is 402 g/mol. The number of hydrogen-bond acceptors (Lipinski definition) is 6. The average Bonchev–Trinajstić information content (AvgIpc) is 3.23. The highest BCUT2D eigenvalue weighted by atomic mass is 32.2. The molecule has 0 saturated heterocycles. The van der Waals surface area contributed by atoms with E-state index >= 15 is 0 Å². The van der Waals surface area contributed by atoms with Crippen LogP contribution in [0.25, 0.3) is 0 Å². The number of thiophene rings is 1. The summed E-state index contributed by atoms with van der Waals surface area (Å²) >= 11 is 2.55. The summed E-state index contributed by atoms with van der Waals surface area (Å²) in [6, 6.07) is 17.3. The summed E-state index contributed by atoms with van der Waals surface area (Å²) in [5.41, 5.74) is 1.02. The first-order valence-corrected chi connectivity index (χ1v) is 11.3. The molecule has 5 nitrogen and oxygen atoms in total. The van der Waals surface area contributed by atoms with Crippen molar-refractivity contribution in [1.82, 2.24) is 0 Å². The van der Waals surface area contributed by atoms with Crippen LogP contribution in [0.2, 0.25) is 0 Å². The topological polar surface area (TPSA) is 72.5 Å². The van der Waals surface area contributed by atoms with Gasteiger partial charge in [-0.25, -0.2) is 8.42 Å². The highest BCUT2D eigenvalue weighted by Crippen LogP contribution is 2.26. The number of nitrogens with one attached hydrogen (secondary N) is 1. The summed E-state index contributed by atoms with van der Waals surface area (Å²) in [5, 5.41) is 1.72. The van der Waals surface area contributed by atoms with Gasteiger partial charge in [0.15, 0.2) is 5.78 Å². The Hall–Kier alpha value is -2.29. The molecule has 0 aliphatic rings. The second-order valence-electron chi connectivity index (χ2n) is 5.47. The standard InChI is InChI=1S/C19H17NO4S3/c1-24-18-6-3-2-5-16(18)17(21)13-26-15-10-8-14(9-11-15)20-27(22,23)19-7-4-12-25-19/h2-12,20H,13H2,1H3. The van der Waals surface area contributed by atoms with E-state index in [0.717, 1.165) is 16.2 Å². The SMILES string of the molecule is COc1ccccc1C(=O)CSc1ccc(NS(=O)(=O)c2cccs2)cc1. The van der Waals surface area contributed by atoms with Crippen molar-refractivity contribution in [2.75, 3.05) is 17.6 Å². The van der Waals surface area contributed by atoms with Gasteiger partial charge in [0.1, 0.15) is 9.96 Å². The number of methoxy groups -OCH3 is 1.